The number of carbonyl (C=O) groups is 2. The molecule has 3 heterocycles. The van der Waals surface area contributed by atoms with Crippen molar-refractivity contribution in [3.8, 4) is 11.5 Å². The van der Waals surface area contributed by atoms with Crippen molar-refractivity contribution < 1.29 is 49.3 Å². The third-order valence-electron chi connectivity index (χ3n) is 9.24. The second kappa shape index (κ2) is 16.9. The van der Waals surface area contributed by atoms with Gasteiger partial charge in [-0.1, -0.05) is 0 Å². The average Bonchev–Trinajstić information content (AvgIpc) is 3.71. The number of hydrogen-bond donors (Lipinski definition) is 9. The van der Waals surface area contributed by atoms with Gasteiger partial charge in [0.05, 0.1) is 35.2 Å². The summed E-state index contributed by atoms with van der Waals surface area (Å²) in [6.45, 7) is 2.73. The number of aromatic hydroxyl groups is 2. The maximum absolute atomic E-state index is 13.9. The number of imidazole rings is 1. The van der Waals surface area contributed by atoms with Gasteiger partial charge in [0.1, 0.15) is 23.7 Å². The van der Waals surface area contributed by atoms with Gasteiger partial charge in [-0.15, -0.1) is 0 Å². The summed E-state index contributed by atoms with van der Waals surface area (Å²) in [5.74, 6) is -2.17. The minimum absolute atomic E-state index is 0.000652. The van der Waals surface area contributed by atoms with Crippen LogP contribution < -0.4 is 21.6 Å². The van der Waals surface area contributed by atoms with Crippen LogP contribution in [0.4, 0.5) is 17.3 Å². The molecule has 6 rings (SSSR count). The number of phenolic OH excluding ortho intramolecular Hbond substituents is 2. The summed E-state index contributed by atoms with van der Waals surface area (Å²) in [6, 6.07) is 5.59. The summed E-state index contributed by atoms with van der Waals surface area (Å²) >= 11 is 0. The van der Waals surface area contributed by atoms with Gasteiger partial charge >= 0.3 is 0 Å². The number of anilines is 3. The topological polar surface area (TPSA) is 266 Å². The molecule has 19 nitrogen and oxygen atoms in total. The van der Waals surface area contributed by atoms with Crippen LogP contribution >= 0.6 is 0 Å². The Morgan fingerprint density at radius 3 is 2.19 bits per heavy atom. The monoisotopic (exact) mass is 752 g/mol. The molecule has 290 valence electrons. The molecule has 4 unspecified atom stereocenters. The van der Waals surface area contributed by atoms with E-state index in [9.17, 15) is 34.8 Å². The SMILES string of the molecule is CCOC1OC(n2cnc3c(=O)[nH]c(NN(CCO)CCNc4ccc(NCCCCCO)c5c4C(=O)c4c(O)ccc(O)c4C5=O)nc32)C(O)C1OC. The molecular weight excluding hydrogens is 708 g/mol. The van der Waals surface area contributed by atoms with Crippen molar-refractivity contribution in [3.05, 3.63) is 63.2 Å². The zero-order chi connectivity index (χ0) is 38.5. The number of ketones is 2. The number of ether oxygens (including phenoxy) is 3. The van der Waals surface area contributed by atoms with E-state index in [1.807, 2.05) is 0 Å². The number of fused-ring (bicyclic) bond motifs is 3. The number of hydrogen-bond acceptors (Lipinski definition) is 17. The van der Waals surface area contributed by atoms with Crippen molar-refractivity contribution in [2.24, 2.45) is 0 Å². The quantitative estimate of drug-likeness (QED) is 0.0342. The Bertz CT molecular complexity index is 2050. The number of carbonyl (C=O) groups excluding carboxylic acids is 2. The molecule has 9 N–H and O–H groups in total. The van der Waals surface area contributed by atoms with Crippen LogP contribution in [-0.4, -0.2) is 133 Å². The van der Waals surface area contributed by atoms with Crippen molar-refractivity contribution in [1.82, 2.24) is 24.5 Å². The first-order valence-corrected chi connectivity index (χ1v) is 17.6. The predicted octanol–water partition coefficient (Wildman–Crippen LogP) is 0.881. The normalized spacial score (nSPS) is 19.4. The van der Waals surface area contributed by atoms with Crippen LogP contribution in [0, 0.1) is 0 Å². The minimum atomic E-state index is -1.17. The van der Waals surface area contributed by atoms with E-state index in [4.69, 9.17) is 19.3 Å². The lowest BCUT2D eigenvalue weighted by molar-refractivity contribution is -0.178. The van der Waals surface area contributed by atoms with Gasteiger partial charge < -0.3 is 50.4 Å². The van der Waals surface area contributed by atoms with Crippen molar-refractivity contribution in [1.29, 1.82) is 0 Å². The molecule has 19 heteroatoms. The molecule has 1 aliphatic heterocycles. The van der Waals surface area contributed by atoms with Gasteiger partial charge in [-0.3, -0.25) is 29.4 Å². The number of aliphatic hydroxyl groups is 3. The highest BCUT2D eigenvalue weighted by Crippen LogP contribution is 2.42. The van der Waals surface area contributed by atoms with Crippen LogP contribution in [0.15, 0.2) is 35.4 Å². The largest absolute Gasteiger partial charge is 0.507 e. The number of unbranched alkanes of at least 4 members (excludes halogenated alkanes) is 2. The van der Waals surface area contributed by atoms with Gasteiger partial charge in [-0.2, -0.15) is 4.98 Å². The third-order valence-corrected chi connectivity index (χ3v) is 9.24. The molecule has 4 aromatic rings. The van der Waals surface area contributed by atoms with Gasteiger partial charge in [0.2, 0.25) is 17.5 Å². The zero-order valence-corrected chi connectivity index (χ0v) is 29.7. The maximum Gasteiger partial charge on any atom is 0.280 e. The molecule has 0 radical (unpaired) electrons. The van der Waals surface area contributed by atoms with Crippen molar-refractivity contribution in [2.45, 2.75) is 50.9 Å². The first-order chi connectivity index (χ1) is 26.1. The zero-order valence-electron chi connectivity index (χ0n) is 29.7. The molecular formula is C35H44N8O11. The third kappa shape index (κ3) is 7.47. The predicted molar refractivity (Wildman–Crippen MR) is 194 cm³/mol. The van der Waals surface area contributed by atoms with E-state index in [-0.39, 0.29) is 72.2 Å². The molecule has 2 aromatic heterocycles. The molecule has 4 atom stereocenters. The molecule has 2 aliphatic rings. The fourth-order valence-electron chi connectivity index (χ4n) is 6.68. The summed E-state index contributed by atoms with van der Waals surface area (Å²) in [7, 11) is 1.42. The van der Waals surface area contributed by atoms with Crippen LogP contribution in [0.2, 0.25) is 0 Å². The average molecular weight is 753 g/mol. The highest BCUT2D eigenvalue weighted by Gasteiger charge is 2.46. The Labute approximate surface area is 308 Å². The number of H-pyrrole nitrogens is 1. The number of benzene rings is 2. The maximum atomic E-state index is 13.9. The Morgan fingerprint density at radius 1 is 0.907 bits per heavy atom. The van der Waals surface area contributed by atoms with Gasteiger partial charge in [-0.05, 0) is 50.5 Å². The highest BCUT2D eigenvalue weighted by atomic mass is 16.7. The van der Waals surface area contributed by atoms with Crippen LogP contribution in [-0.2, 0) is 14.2 Å². The summed E-state index contributed by atoms with van der Waals surface area (Å²) in [5.41, 5.74) is 2.64. The fraction of sp³-hybridized carbons (Fsp3) is 0.457. The van der Waals surface area contributed by atoms with E-state index in [2.05, 4.69) is 31.0 Å². The van der Waals surface area contributed by atoms with E-state index < -0.39 is 53.4 Å². The first kappa shape index (κ1) is 38.6. The Morgan fingerprint density at radius 2 is 1.57 bits per heavy atom. The number of hydrazine groups is 1. The number of aliphatic hydroxyl groups excluding tert-OH is 3. The summed E-state index contributed by atoms with van der Waals surface area (Å²) in [4.78, 5) is 52.2. The van der Waals surface area contributed by atoms with E-state index in [1.165, 1.54) is 18.0 Å². The lowest BCUT2D eigenvalue weighted by atomic mass is 9.81. The smallest absolute Gasteiger partial charge is 0.280 e. The van der Waals surface area contributed by atoms with Crippen LogP contribution in [0.25, 0.3) is 11.2 Å². The number of phenols is 2. The molecule has 1 fully saturated rings. The summed E-state index contributed by atoms with van der Waals surface area (Å²) in [6.07, 6.45) is -0.478. The van der Waals surface area contributed by atoms with Crippen LogP contribution in [0.1, 0.15) is 64.3 Å². The van der Waals surface area contributed by atoms with E-state index >= 15 is 0 Å². The second-order valence-electron chi connectivity index (χ2n) is 12.7. The minimum Gasteiger partial charge on any atom is -0.507 e. The van der Waals surface area contributed by atoms with Gasteiger partial charge in [0.15, 0.2) is 23.7 Å². The standard InChI is InChI=1S/C35H44N8O11/c1-3-53-34-30(52-2)29(50)33(54-34)43-17-38-26-31(43)39-35(40-32(26)51)41-42(14-16-45)13-12-37-19-8-7-18(36-11-5-4-6-15-44)22-23(19)28(49)25-21(47)10-9-20(46)24(25)27(22)48/h7-10,17,29-30,33-34,36-37,44-47,50H,3-6,11-16H2,1-2H3,(H2,39,40,41,51). The highest BCUT2D eigenvalue weighted by molar-refractivity contribution is 6.33. The molecule has 1 saturated heterocycles. The first-order valence-electron chi connectivity index (χ1n) is 17.6. The van der Waals surface area contributed by atoms with E-state index in [0.717, 1.165) is 18.6 Å². The van der Waals surface area contributed by atoms with Crippen molar-refractivity contribution >= 4 is 40.1 Å². The molecule has 1 aliphatic carbocycles. The number of aromatic nitrogens is 4. The van der Waals surface area contributed by atoms with E-state index in [1.54, 1.807) is 24.1 Å². The lowest BCUT2D eigenvalue weighted by Crippen LogP contribution is -2.38. The molecule has 54 heavy (non-hydrogen) atoms. The summed E-state index contributed by atoms with van der Waals surface area (Å²) in [5, 5.41) is 59.0. The Hall–Kier alpha value is -5.15. The lowest BCUT2D eigenvalue weighted by Gasteiger charge is -2.26. The number of rotatable bonds is 18. The van der Waals surface area contributed by atoms with Gasteiger partial charge in [0.25, 0.3) is 5.56 Å². The molecule has 0 bridgehead atoms. The second-order valence-corrected chi connectivity index (χ2v) is 12.7. The number of nitrogens with one attached hydrogen (secondary N) is 4. The van der Waals surface area contributed by atoms with Gasteiger partial charge in [-0.25, -0.2) is 9.99 Å². The number of methoxy groups -OCH3 is 1. The van der Waals surface area contributed by atoms with Crippen LogP contribution in [0.5, 0.6) is 11.5 Å². The Balaban J connectivity index is 1.22. The van der Waals surface area contributed by atoms with Gasteiger partial charge in [0, 0.05) is 57.9 Å². The molecule has 0 saturated carbocycles. The number of aromatic amines is 1. The molecule has 0 spiro atoms. The van der Waals surface area contributed by atoms with E-state index in [0.29, 0.717) is 37.4 Å². The molecule has 0 amide bonds. The number of nitrogens with zero attached hydrogens (tertiary/aromatic N) is 4. The van der Waals surface area contributed by atoms with Crippen LogP contribution in [0.3, 0.4) is 0 Å². The fourth-order valence-corrected chi connectivity index (χ4v) is 6.68. The van der Waals surface area contributed by atoms with Crippen molar-refractivity contribution in [3.63, 3.8) is 0 Å². The Kier molecular flexibility index (Phi) is 12.1. The molecule has 2 aromatic carbocycles. The van der Waals surface area contributed by atoms with Crippen molar-refractivity contribution in [2.75, 3.05) is 69.2 Å². The summed E-state index contributed by atoms with van der Waals surface area (Å²) < 4.78 is 18.3.